The van der Waals surface area contributed by atoms with E-state index >= 15 is 0 Å². The SMILES string of the molecule is Cc1c(C)c(-c2cccc(COc3cc4c(cn3)CCO4)c2)c(C)c(C)c1OCCCS(C)=O. The topological polar surface area (TPSA) is 57.6 Å². The van der Waals surface area contributed by atoms with E-state index in [2.05, 4.69) is 56.9 Å². The average molecular weight is 480 g/mol. The lowest BCUT2D eigenvalue weighted by Gasteiger charge is -2.21. The molecule has 1 aliphatic rings. The fraction of sp³-hybridized carbons (Fsp3) is 0.393. The molecule has 3 aromatic rings. The van der Waals surface area contributed by atoms with Crippen molar-refractivity contribution in [2.24, 2.45) is 0 Å². The second-order valence-corrected chi connectivity index (χ2v) is 10.5. The van der Waals surface area contributed by atoms with Crippen molar-refractivity contribution in [1.82, 2.24) is 4.98 Å². The van der Waals surface area contributed by atoms with Crippen LogP contribution in [-0.2, 0) is 23.8 Å². The minimum atomic E-state index is -0.789. The van der Waals surface area contributed by atoms with Gasteiger partial charge in [0.1, 0.15) is 18.1 Å². The van der Waals surface area contributed by atoms with Crippen molar-refractivity contribution in [2.45, 2.75) is 47.1 Å². The highest BCUT2D eigenvalue weighted by Gasteiger charge is 2.18. The quantitative estimate of drug-likeness (QED) is 0.372. The predicted octanol–water partition coefficient (Wildman–Crippen LogP) is 5.64. The van der Waals surface area contributed by atoms with Crippen LogP contribution in [0, 0.1) is 27.7 Å². The molecule has 1 aliphatic heterocycles. The van der Waals surface area contributed by atoms with Crippen LogP contribution in [0.25, 0.3) is 11.1 Å². The number of benzene rings is 2. The summed E-state index contributed by atoms with van der Waals surface area (Å²) in [6.07, 6.45) is 5.27. The molecular weight excluding hydrogens is 446 g/mol. The molecule has 0 spiro atoms. The predicted molar refractivity (Wildman–Crippen MR) is 138 cm³/mol. The highest BCUT2D eigenvalue weighted by molar-refractivity contribution is 7.84. The summed E-state index contributed by atoms with van der Waals surface area (Å²) in [5.41, 5.74) is 9.37. The zero-order valence-electron chi connectivity index (χ0n) is 20.7. The highest BCUT2D eigenvalue weighted by atomic mass is 32.2. The minimum absolute atomic E-state index is 0.440. The van der Waals surface area contributed by atoms with Crippen LogP contribution < -0.4 is 14.2 Å². The summed E-state index contributed by atoms with van der Waals surface area (Å²) >= 11 is 0. The molecule has 1 aromatic heterocycles. The Morgan fingerprint density at radius 1 is 1.03 bits per heavy atom. The summed E-state index contributed by atoms with van der Waals surface area (Å²) in [7, 11) is -0.789. The second-order valence-electron chi connectivity index (χ2n) is 8.90. The van der Waals surface area contributed by atoms with Gasteiger partial charge in [0.05, 0.1) is 13.2 Å². The number of aromatic nitrogens is 1. The molecule has 1 unspecified atom stereocenters. The van der Waals surface area contributed by atoms with Crippen molar-refractivity contribution in [2.75, 3.05) is 25.2 Å². The normalized spacial score (nSPS) is 13.3. The summed E-state index contributed by atoms with van der Waals surface area (Å²) < 4.78 is 29.1. The van der Waals surface area contributed by atoms with E-state index in [9.17, 15) is 4.21 Å². The Labute approximate surface area is 204 Å². The van der Waals surface area contributed by atoms with Crippen molar-refractivity contribution in [3.8, 4) is 28.5 Å². The Kier molecular flexibility index (Phi) is 7.57. The van der Waals surface area contributed by atoms with E-state index < -0.39 is 10.8 Å². The smallest absolute Gasteiger partial charge is 0.217 e. The lowest BCUT2D eigenvalue weighted by atomic mass is 9.88. The molecule has 1 atom stereocenters. The standard InChI is InChI=1S/C28H33NO4S/c1-18-20(3)28(32-11-7-13-34(5)30)21(4)19(2)27(18)23-9-6-8-22(14-23)17-33-26-15-25-24(16-29-26)10-12-31-25/h6,8-9,14-16H,7,10-13,17H2,1-5H3. The molecule has 2 aromatic carbocycles. The van der Waals surface area contributed by atoms with Crippen LogP contribution in [0.4, 0.5) is 0 Å². The fourth-order valence-electron chi connectivity index (χ4n) is 4.46. The first kappa shape index (κ1) is 24.3. The third-order valence-corrected chi connectivity index (χ3v) is 7.39. The molecule has 2 heterocycles. The summed E-state index contributed by atoms with van der Waals surface area (Å²) in [6, 6.07) is 10.4. The van der Waals surface area contributed by atoms with Gasteiger partial charge < -0.3 is 14.2 Å². The van der Waals surface area contributed by atoms with Crippen LogP contribution in [0.2, 0.25) is 0 Å². The van der Waals surface area contributed by atoms with Crippen molar-refractivity contribution in [3.63, 3.8) is 0 Å². The Balaban J connectivity index is 1.53. The molecule has 34 heavy (non-hydrogen) atoms. The van der Waals surface area contributed by atoms with Crippen molar-refractivity contribution < 1.29 is 18.4 Å². The van der Waals surface area contributed by atoms with E-state index in [1.807, 2.05) is 12.3 Å². The van der Waals surface area contributed by atoms with Crippen LogP contribution in [0.5, 0.6) is 17.4 Å². The molecular formula is C28H33NO4S. The number of fused-ring (bicyclic) bond motifs is 1. The molecule has 0 saturated carbocycles. The van der Waals surface area contributed by atoms with Crippen LogP contribution in [-0.4, -0.2) is 34.4 Å². The molecule has 6 heteroatoms. The van der Waals surface area contributed by atoms with Gasteiger partial charge in [0.25, 0.3) is 0 Å². The Morgan fingerprint density at radius 3 is 2.53 bits per heavy atom. The lowest BCUT2D eigenvalue weighted by molar-refractivity contribution is 0.290. The van der Waals surface area contributed by atoms with E-state index in [1.165, 1.54) is 22.3 Å². The van der Waals surface area contributed by atoms with Crippen LogP contribution in [0.3, 0.4) is 0 Å². The summed E-state index contributed by atoms with van der Waals surface area (Å²) in [6.45, 7) is 10.3. The Bertz CT molecular complexity index is 1190. The molecule has 5 nitrogen and oxygen atoms in total. The number of ether oxygens (including phenoxy) is 3. The first-order chi connectivity index (χ1) is 16.3. The monoisotopic (exact) mass is 479 g/mol. The highest BCUT2D eigenvalue weighted by Crippen LogP contribution is 2.38. The molecule has 0 amide bonds. The third-order valence-electron chi connectivity index (χ3n) is 6.53. The fourth-order valence-corrected chi connectivity index (χ4v) is 4.98. The number of hydrogen-bond acceptors (Lipinski definition) is 5. The maximum absolute atomic E-state index is 11.3. The third kappa shape index (κ3) is 5.27. The van der Waals surface area contributed by atoms with E-state index in [-0.39, 0.29) is 0 Å². The van der Waals surface area contributed by atoms with Crippen LogP contribution in [0.15, 0.2) is 36.5 Å². The van der Waals surface area contributed by atoms with Crippen LogP contribution in [0.1, 0.15) is 39.8 Å². The lowest BCUT2D eigenvalue weighted by Crippen LogP contribution is -2.07. The zero-order valence-corrected chi connectivity index (χ0v) is 21.5. The van der Waals surface area contributed by atoms with E-state index in [0.29, 0.717) is 31.5 Å². The first-order valence-electron chi connectivity index (χ1n) is 11.7. The van der Waals surface area contributed by atoms with Crippen molar-refractivity contribution in [1.29, 1.82) is 0 Å². The van der Waals surface area contributed by atoms with Gasteiger partial charge in [-0.25, -0.2) is 4.98 Å². The Morgan fingerprint density at radius 2 is 1.79 bits per heavy atom. The van der Waals surface area contributed by atoms with Gasteiger partial charge in [-0.15, -0.1) is 0 Å². The average Bonchev–Trinajstić information content (AvgIpc) is 3.29. The van der Waals surface area contributed by atoms with Gasteiger partial charge in [0.15, 0.2) is 0 Å². The van der Waals surface area contributed by atoms with Gasteiger partial charge in [-0.05, 0) is 79.1 Å². The molecule has 0 N–H and O–H groups in total. The molecule has 0 bridgehead atoms. The van der Waals surface area contributed by atoms with Gasteiger partial charge in [-0.1, -0.05) is 18.2 Å². The second kappa shape index (κ2) is 10.6. The summed E-state index contributed by atoms with van der Waals surface area (Å²) in [5.74, 6) is 3.07. The largest absolute Gasteiger partial charge is 0.493 e. The van der Waals surface area contributed by atoms with Gasteiger partial charge >= 0.3 is 0 Å². The number of pyridine rings is 1. The van der Waals surface area contributed by atoms with E-state index in [4.69, 9.17) is 14.2 Å². The number of nitrogens with zero attached hydrogens (tertiary/aromatic N) is 1. The molecule has 4 rings (SSSR count). The molecule has 180 valence electrons. The van der Waals surface area contributed by atoms with Crippen LogP contribution >= 0.6 is 0 Å². The van der Waals surface area contributed by atoms with Gasteiger partial charge in [0, 0.05) is 47.1 Å². The van der Waals surface area contributed by atoms with E-state index in [1.54, 1.807) is 6.26 Å². The number of rotatable bonds is 9. The molecule has 0 aliphatic carbocycles. The van der Waals surface area contributed by atoms with Crippen molar-refractivity contribution in [3.05, 3.63) is 69.9 Å². The first-order valence-corrected chi connectivity index (χ1v) is 13.4. The molecule has 0 saturated heterocycles. The minimum Gasteiger partial charge on any atom is -0.493 e. The van der Waals surface area contributed by atoms with E-state index in [0.717, 1.165) is 46.6 Å². The molecule has 0 radical (unpaired) electrons. The number of hydrogen-bond donors (Lipinski definition) is 0. The molecule has 0 fully saturated rings. The summed E-state index contributed by atoms with van der Waals surface area (Å²) in [5, 5.41) is 0. The summed E-state index contributed by atoms with van der Waals surface area (Å²) in [4.78, 5) is 4.41. The van der Waals surface area contributed by atoms with Gasteiger partial charge in [0.2, 0.25) is 5.88 Å². The van der Waals surface area contributed by atoms with Gasteiger partial charge in [-0.2, -0.15) is 0 Å². The maximum atomic E-state index is 11.3. The zero-order chi connectivity index (χ0) is 24.2. The van der Waals surface area contributed by atoms with Crippen molar-refractivity contribution >= 4 is 10.8 Å². The Hall–Kier alpha value is -2.86. The van der Waals surface area contributed by atoms with Gasteiger partial charge in [-0.3, -0.25) is 4.21 Å². The maximum Gasteiger partial charge on any atom is 0.217 e.